The lowest BCUT2D eigenvalue weighted by atomic mass is 9.95. The predicted molar refractivity (Wildman–Crippen MR) is 90.7 cm³/mol. The Bertz CT molecular complexity index is 805. The fraction of sp³-hybridized carbons (Fsp3) is 0.625. The van der Waals surface area contributed by atoms with Gasteiger partial charge in [-0.3, -0.25) is 9.36 Å². The molecule has 10 nitrogen and oxygen atoms in total. The van der Waals surface area contributed by atoms with Gasteiger partial charge in [-0.05, 0) is 12.8 Å². The molecule has 5 N–H and O–H groups in total. The third-order valence-electron chi connectivity index (χ3n) is 5.11. The number of hydrogen-bond donors (Lipinski definition) is 4. The number of nitrogens with one attached hydrogen (secondary N) is 1. The summed E-state index contributed by atoms with van der Waals surface area (Å²) in [4.78, 5) is 24.6. The summed E-state index contributed by atoms with van der Waals surface area (Å²) in [6.07, 6.45) is 3.04. The lowest BCUT2D eigenvalue weighted by molar-refractivity contribution is -0.138. The molecule has 10 heteroatoms. The van der Waals surface area contributed by atoms with Crippen LogP contribution < -0.4 is 11.1 Å². The molecule has 140 valence electrons. The van der Waals surface area contributed by atoms with E-state index < -0.39 is 30.4 Å². The van der Waals surface area contributed by atoms with Crippen molar-refractivity contribution in [2.45, 2.75) is 62.7 Å². The maximum atomic E-state index is 12.5. The van der Waals surface area contributed by atoms with Crippen LogP contribution in [0.2, 0.25) is 0 Å². The van der Waals surface area contributed by atoms with Gasteiger partial charge in [0.05, 0.1) is 6.33 Å². The zero-order valence-electron chi connectivity index (χ0n) is 14.2. The van der Waals surface area contributed by atoms with E-state index in [9.17, 15) is 15.0 Å². The maximum Gasteiger partial charge on any atom is 0.252 e. The summed E-state index contributed by atoms with van der Waals surface area (Å²) in [7, 11) is 0. The molecule has 2 aromatic rings. The highest BCUT2D eigenvalue weighted by molar-refractivity contribution is 5.83. The number of rotatable bonds is 3. The minimum absolute atomic E-state index is 0.0878. The van der Waals surface area contributed by atoms with Crippen molar-refractivity contribution in [2.24, 2.45) is 0 Å². The third kappa shape index (κ3) is 2.89. The molecule has 0 aromatic carbocycles. The van der Waals surface area contributed by atoms with Gasteiger partial charge in [0.15, 0.2) is 23.8 Å². The van der Waals surface area contributed by atoms with E-state index in [0.29, 0.717) is 11.2 Å². The zero-order valence-corrected chi connectivity index (χ0v) is 14.2. The molecule has 2 fully saturated rings. The lowest BCUT2D eigenvalue weighted by Crippen LogP contribution is -2.47. The molecule has 0 radical (unpaired) electrons. The number of aliphatic hydroxyl groups is 2. The van der Waals surface area contributed by atoms with E-state index in [1.165, 1.54) is 23.6 Å². The Balaban J connectivity index is 1.53. The highest BCUT2D eigenvalue weighted by Gasteiger charge is 2.48. The number of nitrogens with zero attached hydrogens (tertiary/aromatic N) is 4. The van der Waals surface area contributed by atoms with Crippen molar-refractivity contribution in [1.82, 2.24) is 24.8 Å². The summed E-state index contributed by atoms with van der Waals surface area (Å²) in [6.45, 7) is 0. The van der Waals surface area contributed by atoms with Crippen LogP contribution in [0.3, 0.4) is 0 Å². The number of amides is 1. The number of anilines is 1. The van der Waals surface area contributed by atoms with Crippen LogP contribution in [0, 0.1) is 0 Å². The molecule has 1 aliphatic heterocycles. The highest BCUT2D eigenvalue weighted by atomic mass is 16.6. The molecule has 2 aliphatic rings. The van der Waals surface area contributed by atoms with Gasteiger partial charge < -0.3 is 26.0 Å². The minimum Gasteiger partial charge on any atom is -0.387 e. The number of nitrogens with two attached hydrogens (primary N) is 1. The maximum absolute atomic E-state index is 12.5. The van der Waals surface area contributed by atoms with Crippen molar-refractivity contribution in [3.05, 3.63) is 12.7 Å². The van der Waals surface area contributed by atoms with Crippen LogP contribution in [0.25, 0.3) is 11.2 Å². The number of aromatic nitrogens is 4. The van der Waals surface area contributed by atoms with Gasteiger partial charge in [-0.25, -0.2) is 15.0 Å². The minimum atomic E-state index is -1.35. The summed E-state index contributed by atoms with van der Waals surface area (Å²) in [5.74, 6) is -0.210. The van der Waals surface area contributed by atoms with Gasteiger partial charge in [0.25, 0.3) is 5.91 Å². The number of carbonyl (C=O) groups is 1. The molecule has 26 heavy (non-hydrogen) atoms. The Kier molecular flexibility index (Phi) is 4.47. The molecule has 4 atom stereocenters. The van der Waals surface area contributed by atoms with Crippen LogP contribution in [0.1, 0.15) is 38.3 Å². The summed E-state index contributed by atoms with van der Waals surface area (Å²) >= 11 is 0. The number of hydrogen-bond acceptors (Lipinski definition) is 8. The summed E-state index contributed by atoms with van der Waals surface area (Å²) in [6, 6.07) is 0.0878. The summed E-state index contributed by atoms with van der Waals surface area (Å²) in [5, 5.41) is 23.6. The molecule has 1 unspecified atom stereocenters. The molecular formula is C16H22N6O4. The van der Waals surface area contributed by atoms with Crippen molar-refractivity contribution in [3.63, 3.8) is 0 Å². The molecule has 2 aromatic heterocycles. The molecule has 0 spiro atoms. The molecule has 3 heterocycles. The van der Waals surface area contributed by atoms with E-state index >= 15 is 0 Å². The van der Waals surface area contributed by atoms with Crippen LogP contribution in [0.15, 0.2) is 12.7 Å². The Hall–Kier alpha value is -2.30. The van der Waals surface area contributed by atoms with Crippen LogP contribution in [-0.2, 0) is 9.53 Å². The van der Waals surface area contributed by atoms with Crippen molar-refractivity contribution >= 4 is 22.9 Å². The largest absolute Gasteiger partial charge is 0.387 e. The second-order valence-electron chi connectivity index (χ2n) is 6.85. The van der Waals surface area contributed by atoms with Gasteiger partial charge in [-0.1, -0.05) is 19.3 Å². The first-order valence-corrected chi connectivity index (χ1v) is 8.81. The van der Waals surface area contributed by atoms with Gasteiger partial charge in [-0.15, -0.1) is 0 Å². The Morgan fingerprint density at radius 3 is 2.73 bits per heavy atom. The lowest BCUT2D eigenvalue weighted by Gasteiger charge is -2.24. The quantitative estimate of drug-likeness (QED) is 0.570. The van der Waals surface area contributed by atoms with Gasteiger partial charge in [0.1, 0.15) is 24.1 Å². The third-order valence-corrected chi connectivity index (χ3v) is 5.11. The number of nitrogen functional groups attached to an aromatic ring is 1. The normalized spacial score (nSPS) is 29.9. The Morgan fingerprint density at radius 2 is 1.96 bits per heavy atom. The van der Waals surface area contributed by atoms with Gasteiger partial charge in [0.2, 0.25) is 0 Å². The standard InChI is InChI=1S/C16H22N6O4/c17-13-9-14(19-6-18-13)22(7-20-9)16-11(24)10(23)12(26-16)15(25)21-8-4-2-1-3-5-8/h6-8,10-12,16,23-24H,1-5H2,(H,21,25)(H2,17,18,19)/t10-,11+,12-,16?/m0/s1. The second-order valence-corrected chi connectivity index (χ2v) is 6.85. The SMILES string of the molecule is Nc1ncnc2c1ncn2C1O[C@H](C(=O)NC2CCCCC2)[C@@H](O)[C@H]1O. The van der Waals surface area contributed by atoms with Crippen LogP contribution in [0.4, 0.5) is 5.82 Å². The molecule has 1 saturated heterocycles. The monoisotopic (exact) mass is 362 g/mol. The average Bonchev–Trinajstić information content (AvgIpc) is 3.19. The smallest absolute Gasteiger partial charge is 0.252 e. The van der Waals surface area contributed by atoms with E-state index in [4.69, 9.17) is 10.5 Å². The van der Waals surface area contributed by atoms with Crippen molar-refractivity contribution < 1.29 is 19.7 Å². The number of ether oxygens (including phenoxy) is 1. The van der Waals surface area contributed by atoms with Gasteiger partial charge >= 0.3 is 0 Å². The summed E-state index contributed by atoms with van der Waals surface area (Å²) in [5.41, 5.74) is 6.50. The zero-order chi connectivity index (χ0) is 18.3. The first-order chi connectivity index (χ1) is 12.6. The number of fused-ring (bicyclic) bond motifs is 1. The first kappa shape index (κ1) is 17.1. The van der Waals surface area contributed by atoms with E-state index in [1.807, 2.05) is 0 Å². The van der Waals surface area contributed by atoms with Crippen LogP contribution in [-0.4, -0.2) is 60.0 Å². The first-order valence-electron chi connectivity index (χ1n) is 8.81. The Labute approximate surface area is 149 Å². The van der Waals surface area contributed by atoms with E-state index in [1.54, 1.807) is 0 Å². The van der Waals surface area contributed by atoms with E-state index in [0.717, 1.165) is 25.7 Å². The van der Waals surface area contributed by atoms with Gasteiger partial charge in [0, 0.05) is 6.04 Å². The fourth-order valence-corrected chi connectivity index (χ4v) is 3.69. The molecule has 4 rings (SSSR count). The van der Waals surface area contributed by atoms with Gasteiger partial charge in [-0.2, -0.15) is 0 Å². The van der Waals surface area contributed by atoms with Crippen molar-refractivity contribution in [2.75, 3.05) is 5.73 Å². The highest BCUT2D eigenvalue weighted by Crippen LogP contribution is 2.32. The number of carbonyl (C=O) groups excluding carboxylic acids is 1. The second kappa shape index (κ2) is 6.78. The molecule has 1 aliphatic carbocycles. The fourth-order valence-electron chi connectivity index (χ4n) is 3.69. The molecule has 1 amide bonds. The topological polar surface area (TPSA) is 148 Å². The summed E-state index contributed by atoms with van der Waals surface area (Å²) < 4.78 is 7.14. The molecule has 0 bridgehead atoms. The van der Waals surface area contributed by atoms with Crippen molar-refractivity contribution in [1.29, 1.82) is 0 Å². The van der Waals surface area contributed by atoms with E-state index in [2.05, 4.69) is 20.3 Å². The van der Waals surface area contributed by atoms with Crippen LogP contribution >= 0.6 is 0 Å². The van der Waals surface area contributed by atoms with Crippen molar-refractivity contribution in [3.8, 4) is 0 Å². The molecular weight excluding hydrogens is 340 g/mol. The Morgan fingerprint density at radius 1 is 1.19 bits per heavy atom. The van der Waals surface area contributed by atoms with E-state index in [-0.39, 0.29) is 11.9 Å². The average molecular weight is 362 g/mol. The molecule has 1 saturated carbocycles. The predicted octanol–water partition coefficient (Wildman–Crippen LogP) is -0.523. The number of imidazole rings is 1. The van der Waals surface area contributed by atoms with Crippen LogP contribution in [0.5, 0.6) is 0 Å². The number of aliphatic hydroxyl groups excluding tert-OH is 2.